The van der Waals surface area contributed by atoms with Crippen LogP contribution in [0.1, 0.15) is 11.1 Å². The van der Waals surface area contributed by atoms with Gasteiger partial charge in [0.15, 0.2) is 11.2 Å². The van der Waals surface area contributed by atoms with E-state index in [9.17, 15) is 9.59 Å². The van der Waals surface area contributed by atoms with Gasteiger partial charge in [0.05, 0.1) is 0 Å². The Morgan fingerprint density at radius 2 is 2.18 bits per heavy atom. The van der Waals surface area contributed by atoms with E-state index in [0.717, 1.165) is 15.7 Å². The van der Waals surface area contributed by atoms with E-state index in [1.54, 1.807) is 6.07 Å². The molecule has 0 aliphatic carbocycles. The molecule has 0 atom stereocenters. The number of rotatable bonds is 2. The zero-order valence-electron chi connectivity index (χ0n) is 11.7. The summed E-state index contributed by atoms with van der Waals surface area (Å²) in [5.41, 5.74) is 2.49. The van der Waals surface area contributed by atoms with Crippen LogP contribution in [-0.4, -0.2) is 15.6 Å². The Morgan fingerprint density at radius 1 is 1.41 bits per heavy atom. The Hall–Kier alpha value is -2.41. The lowest BCUT2D eigenvalue weighted by molar-refractivity contribution is 0.240. The molecule has 2 aromatic heterocycles. The van der Waals surface area contributed by atoms with Gasteiger partial charge in [-0.2, -0.15) is 4.57 Å². The summed E-state index contributed by atoms with van der Waals surface area (Å²) in [5, 5.41) is 2.70. The minimum Gasteiger partial charge on any atom is -0.406 e. The number of benzene rings is 1. The summed E-state index contributed by atoms with van der Waals surface area (Å²) >= 11 is 3.24. The number of fused-ring (bicyclic) bond motifs is 1. The average Bonchev–Trinajstić information content (AvgIpc) is 2.81. The normalized spacial score (nSPS) is 10.8. The zero-order chi connectivity index (χ0) is 15.7. The van der Waals surface area contributed by atoms with Crippen LogP contribution in [0.2, 0.25) is 0 Å². The number of oxazole rings is 1. The molecule has 0 fully saturated rings. The molecular weight excluding hydrogens is 350 g/mol. The molecule has 3 rings (SSSR count). The molecular formula is C15H12BrN3O3. The van der Waals surface area contributed by atoms with Crippen LogP contribution in [0.3, 0.4) is 0 Å². The smallest absolute Gasteiger partial charge is 0.406 e. The Balaban J connectivity index is 1.88. The first-order valence-electron chi connectivity index (χ1n) is 6.56. The van der Waals surface area contributed by atoms with Gasteiger partial charge in [-0.3, -0.25) is 0 Å². The fourth-order valence-electron chi connectivity index (χ4n) is 2.12. The monoisotopic (exact) mass is 361 g/mol. The fraction of sp³-hybridized carbons (Fsp3) is 0.133. The molecule has 0 aliphatic heterocycles. The molecule has 0 aliphatic rings. The van der Waals surface area contributed by atoms with Crippen molar-refractivity contribution in [2.75, 3.05) is 0 Å². The molecule has 1 amide bonds. The lowest BCUT2D eigenvalue weighted by atomic mass is 10.1. The first kappa shape index (κ1) is 14.5. The Bertz CT molecular complexity index is 914. The number of nitrogens with zero attached hydrogens (tertiary/aromatic N) is 2. The van der Waals surface area contributed by atoms with E-state index in [0.29, 0.717) is 11.0 Å². The Labute approximate surface area is 133 Å². The van der Waals surface area contributed by atoms with Crippen molar-refractivity contribution in [2.45, 2.75) is 13.5 Å². The van der Waals surface area contributed by atoms with Gasteiger partial charge in [-0.1, -0.05) is 24.3 Å². The third-order valence-corrected chi connectivity index (χ3v) is 3.72. The van der Waals surface area contributed by atoms with E-state index in [1.807, 2.05) is 31.2 Å². The number of carbonyl (C=O) groups is 1. The van der Waals surface area contributed by atoms with Gasteiger partial charge in [-0.15, -0.1) is 0 Å². The van der Waals surface area contributed by atoms with Gasteiger partial charge < -0.3 is 9.73 Å². The minimum atomic E-state index is -0.761. The standard InChI is InChI=1S/C15H12BrN3O3/c1-9-4-2-3-5-10(9)7-18-14(20)19-13-12(22-15(19)21)6-11(16)8-17-13/h2-6,8H,7H2,1H3,(H,18,20). The van der Waals surface area contributed by atoms with E-state index < -0.39 is 11.8 Å². The molecule has 0 saturated heterocycles. The summed E-state index contributed by atoms with van der Waals surface area (Å²) in [6, 6.07) is 8.72. The molecule has 0 spiro atoms. The predicted octanol–water partition coefficient (Wildman–Crippen LogP) is 2.82. The largest absolute Gasteiger partial charge is 0.429 e. The molecule has 112 valence electrons. The first-order valence-corrected chi connectivity index (χ1v) is 7.35. The summed E-state index contributed by atoms with van der Waals surface area (Å²) in [6.45, 7) is 2.28. The topological polar surface area (TPSA) is 77.1 Å². The van der Waals surface area contributed by atoms with Crippen LogP contribution < -0.4 is 11.1 Å². The van der Waals surface area contributed by atoms with Crippen LogP contribution in [0.4, 0.5) is 4.79 Å². The molecule has 2 heterocycles. The number of hydrogen-bond acceptors (Lipinski definition) is 4. The predicted molar refractivity (Wildman–Crippen MR) is 84.8 cm³/mol. The number of amides is 1. The van der Waals surface area contributed by atoms with Crippen LogP contribution in [0.25, 0.3) is 11.2 Å². The van der Waals surface area contributed by atoms with Gasteiger partial charge in [0.25, 0.3) is 0 Å². The molecule has 6 nitrogen and oxygen atoms in total. The van der Waals surface area contributed by atoms with E-state index in [4.69, 9.17) is 4.42 Å². The summed E-state index contributed by atoms with van der Waals surface area (Å²) in [7, 11) is 0. The summed E-state index contributed by atoms with van der Waals surface area (Å²) in [4.78, 5) is 28.2. The number of pyridine rings is 1. The van der Waals surface area contributed by atoms with Gasteiger partial charge in [-0.25, -0.2) is 14.6 Å². The van der Waals surface area contributed by atoms with E-state index in [1.165, 1.54) is 6.20 Å². The van der Waals surface area contributed by atoms with E-state index in [-0.39, 0.29) is 11.2 Å². The van der Waals surface area contributed by atoms with Gasteiger partial charge in [0.2, 0.25) is 0 Å². The molecule has 0 unspecified atom stereocenters. The van der Waals surface area contributed by atoms with Crippen molar-refractivity contribution in [3.63, 3.8) is 0 Å². The van der Waals surface area contributed by atoms with Crippen molar-refractivity contribution in [2.24, 2.45) is 0 Å². The molecule has 1 N–H and O–H groups in total. The highest BCUT2D eigenvalue weighted by Crippen LogP contribution is 2.16. The molecule has 0 radical (unpaired) electrons. The van der Waals surface area contributed by atoms with Gasteiger partial charge in [0.1, 0.15) is 0 Å². The Morgan fingerprint density at radius 3 is 2.95 bits per heavy atom. The summed E-state index contributed by atoms with van der Waals surface area (Å²) in [6.07, 6.45) is 1.50. The first-order chi connectivity index (χ1) is 10.6. The fourth-order valence-corrected chi connectivity index (χ4v) is 2.43. The van der Waals surface area contributed by atoms with Crippen molar-refractivity contribution < 1.29 is 9.21 Å². The zero-order valence-corrected chi connectivity index (χ0v) is 13.3. The molecule has 22 heavy (non-hydrogen) atoms. The quantitative estimate of drug-likeness (QED) is 0.761. The number of carbonyl (C=O) groups excluding carboxylic acids is 1. The number of aromatic nitrogens is 2. The molecule has 1 aromatic carbocycles. The average molecular weight is 362 g/mol. The molecule has 0 saturated carbocycles. The second-order valence-corrected chi connectivity index (χ2v) is 5.68. The van der Waals surface area contributed by atoms with Crippen LogP contribution in [-0.2, 0) is 6.54 Å². The van der Waals surface area contributed by atoms with Crippen LogP contribution >= 0.6 is 15.9 Å². The third kappa shape index (κ3) is 2.67. The maximum atomic E-state index is 12.3. The molecule has 0 bridgehead atoms. The van der Waals surface area contributed by atoms with Crippen molar-refractivity contribution in [3.8, 4) is 0 Å². The van der Waals surface area contributed by atoms with Crippen LogP contribution in [0.15, 0.2) is 50.2 Å². The van der Waals surface area contributed by atoms with Crippen molar-refractivity contribution in [1.29, 1.82) is 0 Å². The number of hydrogen-bond donors (Lipinski definition) is 1. The number of nitrogens with one attached hydrogen (secondary N) is 1. The van der Waals surface area contributed by atoms with Crippen molar-refractivity contribution in [3.05, 3.63) is 62.7 Å². The second kappa shape index (κ2) is 5.76. The lowest BCUT2D eigenvalue weighted by Gasteiger charge is -2.07. The van der Waals surface area contributed by atoms with Gasteiger partial charge in [0, 0.05) is 23.3 Å². The third-order valence-electron chi connectivity index (χ3n) is 3.29. The van der Waals surface area contributed by atoms with Crippen LogP contribution in [0, 0.1) is 6.92 Å². The molecule has 3 aromatic rings. The van der Waals surface area contributed by atoms with Crippen LogP contribution in [0.5, 0.6) is 0 Å². The van der Waals surface area contributed by atoms with Gasteiger partial charge in [-0.05, 0) is 34.0 Å². The van der Waals surface area contributed by atoms with E-state index in [2.05, 4.69) is 26.2 Å². The molecule has 7 heteroatoms. The minimum absolute atomic E-state index is 0.190. The maximum Gasteiger partial charge on any atom is 0.429 e. The number of halogens is 1. The highest BCUT2D eigenvalue weighted by atomic mass is 79.9. The van der Waals surface area contributed by atoms with Crippen molar-refractivity contribution in [1.82, 2.24) is 14.9 Å². The Kier molecular flexibility index (Phi) is 3.81. The van der Waals surface area contributed by atoms with Crippen molar-refractivity contribution >= 4 is 33.2 Å². The summed E-state index contributed by atoms with van der Waals surface area (Å²) < 4.78 is 6.59. The highest BCUT2D eigenvalue weighted by molar-refractivity contribution is 9.10. The maximum absolute atomic E-state index is 12.3. The lowest BCUT2D eigenvalue weighted by Crippen LogP contribution is -2.34. The summed E-state index contributed by atoms with van der Waals surface area (Å²) in [5.74, 6) is -0.761. The van der Waals surface area contributed by atoms with E-state index >= 15 is 0 Å². The van der Waals surface area contributed by atoms with Gasteiger partial charge >= 0.3 is 11.8 Å². The number of aryl methyl sites for hydroxylation is 1. The SMILES string of the molecule is Cc1ccccc1CNC(=O)n1c(=O)oc2cc(Br)cnc21. The second-order valence-electron chi connectivity index (χ2n) is 4.76. The highest BCUT2D eigenvalue weighted by Gasteiger charge is 2.17.